The summed E-state index contributed by atoms with van der Waals surface area (Å²) in [6.45, 7) is 0.299. The molecule has 1 unspecified atom stereocenters. The van der Waals surface area contributed by atoms with E-state index in [-0.39, 0.29) is 25.4 Å². The van der Waals surface area contributed by atoms with E-state index in [4.69, 9.17) is 29.4 Å². The first-order valence-corrected chi connectivity index (χ1v) is 12.1. The monoisotopic (exact) mass is 460 g/mol. The Labute approximate surface area is 178 Å². The van der Waals surface area contributed by atoms with Crippen LogP contribution in [0.4, 0.5) is 10.6 Å². The van der Waals surface area contributed by atoms with Gasteiger partial charge in [0, 0.05) is 0 Å². The second kappa shape index (κ2) is 9.92. The van der Waals surface area contributed by atoms with E-state index in [1.165, 1.54) is 19.8 Å². The van der Waals surface area contributed by atoms with Crippen LogP contribution in [0.1, 0.15) is 31.9 Å². The molecular weight excluding hydrogens is 434 g/mol. The number of carbonyl (C=O) groups excluding carboxylic acids is 1. The van der Waals surface area contributed by atoms with E-state index >= 15 is 0 Å². The van der Waals surface area contributed by atoms with Crippen molar-refractivity contribution in [2.75, 3.05) is 18.9 Å². The van der Waals surface area contributed by atoms with Crippen LogP contribution in [0, 0.1) is 0 Å². The van der Waals surface area contributed by atoms with E-state index in [0.29, 0.717) is 19.3 Å². The second-order valence-corrected chi connectivity index (χ2v) is 9.72. The van der Waals surface area contributed by atoms with Crippen LogP contribution in [-0.4, -0.2) is 70.6 Å². The summed E-state index contributed by atoms with van der Waals surface area (Å²) in [7, 11) is -2.00. The average Bonchev–Trinajstić information content (AvgIpc) is 3.00. The van der Waals surface area contributed by atoms with Crippen molar-refractivity contribution in [3.05, 3.63) is 22.7 Å². The molecule has 3 heterocycles. The Hall–Kier alpha value is -2.25. The minimum absolute atomic E-state index is 0.0165. The molecule has 5 N–H and O–H groups in total. The van der Waals surface area contributed by atoms with Crippen LogP contribution in [-0.2, 0) is 23.3 Å². The first-order valence-electron chi connectivity index (χ1n) is 9.87. The molecule has 3 rings (SSSR count). The standard InChI is InChI=1S/C16H26BN4O9P/c17-31(26)27-8-9-12(30-31)13(14(28-9)21-7-5-10(18)20-15(21)24)29-16(25)19-6-3-1-2-4-11(22)23/h5,7,9,12-14,26,31H,1-4,6,8,17H2,(H,19,25)(H,22,23)(H2,18,20,24)/t9-,12-,13?,14-/m1/s1. The van der Waals surface area contributed by atoms with Crippen molar-refractivity contribution in [3.8, 4) is 0 Å². The Morgan fingerprint density at radius 1 is 1.42 bits per heavy atom. The Balaban J connectivity index is 1.66. The summed E-state index contributed by atoms with van der Waals surface area (Å²) < 4.78 is 23.4. The summed E-state index contributed by atoms with van der Waals surface area (Å²) in [6.07, 6.45) is -1.21. The number of unbranched alkanes of at least 4 members (excludes halogenated alkanes) is 2. The topological polar surface area (TPSA) is 184 Å². The normalized spacial score (nSPS) is 27.8. The number of carboxylic acids is 1. The van der Waals surface area contributed by atoms with Gasteiger partial charge in [0.25, 0.3) is 0 Å². The van der Waals surface area contributed by atoms with Gasteiger partial charge in [-0.1, -0.05) is 0 Å². The molecule has 0 bridgehead atoms. The Kier molecular flexibility index (Phi) is 7.49. The number of nitrogen functional groups attached to an aromatic ring is 1. The number of ether oxygens (including phenoxy) is 2. The SMILES string of the molecule is B[PH]1(O)OC[C@H]2O[C@@H](n3ccc(N)nc3=O)C(OC(=O)NCCCCCC(=O)O)[C@@H]2O1. The number of carboxylic acid groups (broad SMARTS) is 1. The zero-order valence-corrected chi connectivity index (χ0v) is 17.9. The van der Waals surface area contributed by atoms with Crippen molar-refractivity contribution < 1.29 is 38.1 Å². The van der Waals surface area contributed by atoms with Crippen molar-refractivity contribution in [2.24, 2.45) is 0 Å². The molecule has 2 fully saturated rings. The van der Waals surface area contributed by atoms with E-state index < -0.39 is 50.1 Å². The number of aliphatic carboxylic acids is 1. The molecule has 2 aliphatic heterocycles. The Morgan fingerprint density at radius 2 is 2.19 bits per heavy atom. The first-order chi connectivity index (χ1) is 14.7. The van der Waals surface area contributed by atoms with Crippen LogP contribution in [0.5, 0.6) is 0 Å². The molecule has 1 amide bonds. The van der Waals surface area contributed by atoms with E-state index in [0.717, 1.165) is 4.57 Å². The van der Waals surface area contributed by atoms with Gasteiger partial charge in [0.2, 0.25) is 0 Å². The van der Waals surface area contributed by atoms with Crippen LogP contribution in [0.2, 0.25) is 0 Å². The van der Waals surface area contributed by atoms with Gasteiger partial charge in [-0.05, 0) is 0 Å². The molecule has 0 aromatic carbocycles. The number of aromatic nitrogens is 2. The molecule has 0 spiro atoms. The van der Waals surface area contributed by atoms with Gasteiger partial charge >= 0.3 is 168 Å². The summed E-state index contributed by atoms with van der Waals surface area (Å²) in [4.78, 5) is 49.0. The number of nitrogens with one attached hydrogen (secondary N) is 1. The Bertz CT molecular complexity index is 870. The number of carbonyl (C=O) groups is 2. The number of hydrogen-bond donors (Lipinski definition) is 4. The van der Waals surface area contributed by atoms with Gasteiger partial charge in [-0.2, -0.15) is 0 Å². The van der Waals surface area contributed by atoms with E-state index in [1.54, 1.807) is 0 Å². The van der Waals surface area contributed by atoms with Crippen molar-refractivity contribution in [1.82, 2.24) is 14.9 Å². The van der Waals surface area contributed by atoms with E-state index in [1.807, 2.05) is 0 Å². The van der Waals surface area contributed by atoms with Gasteiger partial charge in [0.1, 0.15) is 0 Å². The fourth-order valence-corrected chi connectivity index (χ4v) is 4.74. The molecule has 2 saturated heterocycles. The van der Waals surface area contributed by atoms with Crippen molar-refractivity contribution >= 4 is 33.3 Å². The number of nitrogens with zero attached hydrogens (tertiary/aromatic N) is 2. The molecule has 31 heavy (non-hydrogen) atoms. The molecule has 4 atom stereocenters. The molecule has 1 aromatic heterocycles. The molecule has 0 aliphatic carbocycles. The van der Waals surface area contributed by atoms with Gasteiger partial charge in [-0.15, -0.1) is 0 Å². The third-order valence-corrected chi connectivity index (χ3v) is 6.27. The average molecular weight is 460 g/mol. The molecule has 0 saturated carbocycles. The summed E-state index contributed by atoms with van der Waals surface area (Å²) >= 11 is 0. The van der Waals surface area contributed by atoms with E-state index in [2.05, 4.69) is 10.3 Å². The van der Waals surface area contributed by atoms with Crippen molar-refractivity contribution in [3.63, 3.8) is 0 Å². The molecule has 15 heteroatoms. The number of alkyl carbamates (subject to hydrolysis) is 1. The molecule has 1 aromatic rings. The minimum atomic E-state index is -3.43. The number of nitrogens with two attached hydrogens (primary N) is 1. The Morgan fingerprint density at radius 3 is 2.90 bits per heavy atom. The molecule has 0 radical (unpaired) electrons. The maximum atomic E-state index is 12.3. The summed E-state index contributed by atoms with van der Waals surface area (Å²) in [5, 5.41) is 11.2. The predicted molar refractivity (Wildman–Crippen MR) is 111 cm³/mol. The fourth-order valence-electron chi connectivity index (χ4n) is 3.41. The van der Waals surface area contributed by atoms with Crippen LogP contribution in [0.3, 0.4) is 0 Å². The van der Waals surface area contributed by atoms with Gasteiger partial charge in [0.05, 0.1) is 0 Å². The number of amides is 1. The number of fused-ring (bicyclic) bond motifs is 1. The fraction of sp³-hybridized carbons (Fsp3) is 0.625. The summed E-state index contributed by atoms with van der Waals surface area (Å²) in [5.74, 6) is -0.831. The van der Waals surface area contributed by atoms with Crippen molar-refractivity contribution in [1.29, 1.82) is 0 Å². The molecule has 13 nitrogen and oxygen atoms in total. The van der Waals surface area contributed by atoms with Gasteiger partial charge < -0.3 is 5.11 Å². The third kappa shape index (κ3) is 6.14. The second-order valence-electron chi connectivity index (χ2n) is 7.40. The van der Waals surface area contributed by atoms with Gasteiger partial charge in [-0.3, -0.25) is 4.79 Å². The summed E-state index contributed by atoms with van der Waals surface area (Å²) in [5.41, 5.74) is 4.84. The first kappa shape index (κ1) is 23.4. The summed E-state index contributed by atoms with van der Waals surface area (Å²) in [6, 6.07) is 1.41. The molecule has 172 valence electrons. The predicted octanol–water partition coefficient (Wildman–Crippen LogP) is -1.09. The van der Waals surface area contributed by atoms with Crippen LogP contribution in [0.15, 0.2) is 17.1 Å². The zero-order valence-electron chi connectivity index (χ0n) is 16.9. The number of anilines is 1. The maximum absolute atomic E-state index is 12.3. The van der Waals surface area contributed by atoms with Crippen LogP contribution >= 0.6 is 7.82 Å². The molecular formula is C16H26BN4O9P. The zero-order chi connectivity index (χ0) is 22.6. The van der Waals surface area contributed by atoms with Gasteiger partial charge in [0.15, 0.2) is 0 Å². The quantitative estimate of drug-likeness (QED) is 0.210. The van der Waals surface area contributed by atoms with Crippen LogP contribution in [0.25, 0.3) is 0 Å². The van der Waals surface area contributed by atoms with Gasteiger partial charge in [-0.25, -0.2) is 0 Å². The number of hydrogen-bond acceptors (Lipinski definition) is 10. The molecule has 2 aliphatic rings. The number of rotatable bonds is 8. The van der Waals surface area contributed by atoms with Crippen LogP contribution < -0.4 is 16.7 Å². The third-order valence-electron chi connectivity index (χ3n) is 4.86. The van der Waals surface area contributed by atoms with Crippen molar-refractivity contribution in [2.45, 2.75) is 50.2 Å². The van der Waals surface area contributed by atoms with E-state index in [9.17, 15) is 19.3 Å².